The summed E-state index contributed by atoms with van der Waals surface area (Å²) in [5.74, 6) is -4.37. The molecular formula is C25H23NO8. The predicted molar refractivity (Wildman–Crippen MR) is 115 cm³/mol. The molecule has 176 valence electrons. The lowest BCUT2D eigenvalue weighted by Crippen LogP contribution is -2.39. The van der Waals surface area contributed by atoms with Crippen LogP contribution in [0.25, 0.3) is 0 Å². The number of carboxylic acids is 1. The zero-order chi connectivity index (χ0) is 24.3. The number of Topliss-reactive ketones (excluding diaryl/α,β-unsaturated/α-hetero) is 1. The van der Waals surface area contributed by atoms with Gasteiger partial charge in [0.15, 0.2) is 11.6 Å². The number of furan rings is 1. The molecule has 0 aromatic carbocycles. The van der Waals surface area contributed by atoms with Crippen LogP contribution in [0, 0.1) is 17.8 Å². The predicted octanol–water partition coefficient (Wildman–Crippen LogP) is 1.68. The average molecular weight is 465 g/mol. The van der Waals surface area contributed by atoms with Gasteiger partial charge < -0.3 is 14.6 Å². The molecule has 4 atom stereocenters. The van der Waals surface area contributed by atoms with Crippen LogP contribution < -0.4 is 0 Å². The number of carbonyl (C=O) groups excluding carboxylic acids is 4. The summed E-state index contributed by atoms with van der Waals surface area (Å²) >= 11 is 0. The summed E-state index contributed by atoms with van der Waals surface area (Å²) in [6, 6.07) is 3.25. The number of ketones is 2. The molecule has 1 saturated heterocycles. The van der Waals surface area contributed by atoms with Crippen molar-refractivity contribution in [2.24, 2.45) is 17.8 Å². The van der Waals surface area contributed by atoms with Crippen molar-refractivity contribution in [2.45, 2.75) is 38.7 Å². The molecule has 1 fully saturated rings. The summed E-state index contributed by atoms with van der Waals surface area (Å²) < 4.78 is 5.80. The van der Waals surface area contributed by atoms with Gasteiger partial charge in [0, 0.05) is 23.3 Å². The van der Waals surface area contributed by atoms with E-state index < -0.39 is 41.5 Å². The monoisotopic (exact) mass is 465 g/mol. The van der Waals surface area contributed by atoms with E-state index in [2.05, 4.69) is 0 Å². The van der Waals surface area contributed by atoms with Gasteiger partial charge in [-0.25, -0.2) is 0 Å². The molecule has 9 nitrogen and oxygen atoms in total. The Hall–Kier alpha value is -3.59. The fourth-order valence-corrected chi connectivity index (χ4v) is 5.82. The molecule has 5 rings (SSSR count). The van der Waals surface area contributed by atoms with Crippen molar-refractivity contribution in [2.75, 3.05) is 6.54 Å². The first-order valence-corrected chi connectivity index (χ1v) is 11.2. The van der Waals surface area contributed by atoms with Crippen molar-refractivity contribution < 1.29 is 38.6 Å². The molecule has 34 heavy (non-hydrogen) atoms. The topological polar surface area (TPSA) is 142 Å². The Labute approximate surface area is 194 Å². The van der Waals surface area contributed by atoms with Crippen LogP contribution in [0.5, 0.6) is 0 Å². The highest BCUT2D eigenvalue weighted by Crippen LogP contribution is 2.55. The SMILES string of the molecule is CC1=CC(=O)C2=C(C1=O)[C@@H](c1ccc(CO)o1)C1=CC[C@@H]3C(=O)N(CCC(=O)O)C(=O)[C@@H]3[C@@H]1C2. The molecule has 1 aromatic rings. The Kier molecular flexibility index (Phi) is 5.24. The number of hydrogen-bond donors (Lipinski definition) is 2. The van der Waals surface area contributed by atoms with E-state index in [1.807, 2.05) is 6.08 Å². The third-order valence-corrected chi connectivity index (χ3v) is 7.33. The largest absolute Gasteiger partial charge is 0.481 e. The number of hydrogen-bond acceptors (Lipinski definition) is 7. The molecule has 0 unspecified atom stereocenters. The summed E-state index contributed by atoms with van der Waals surface area (Å²) in [6.45, 7) is 1.05. The smallest absolute Gasteiger partial charge is 0.305 e. The quantitative estimate of drug-likeness (QED) is 0.380. The summed E-state index contributed by atoms with van der Waals surface area (Å²) in [5.41, 5.74) is 1.71. The zero-order valence-corrected chi connectivity index (χ0v) is 18.4. The summed E-state index contributed by atoms with van der Waals surface area (Å²) in [4.78, 5) is 64.5. The van der Waals surface area contributed by atoms with Crippen LogP contribution in [0.4, 0.5) is 0 Å². The minimum Gasteiger partial charge on any atom is -0.481 e. The minimum absolute atomic E-state index is 0.145. The Bertz CT molecular complexity index is 1250. The third kappa shape index (κ3) is 3.22. The number of aliphatic hydroxyl groups excluding tert-OH is 1. The Balaban J connectivity index is 1.60. The van der Waals surface area contributed by atoms with Gasteiger partial charge in [-0.2, -0.15) is 0 Å². The highest BCUT2D eigenvalue weighted by Gasteiger charge is 2.56. The van der Waals surface area contributed by atoms with Crippen LogP contribution in [-0.4, -0.2) is 51.0 Å². The number of likely N-dealkylation sites (tertiary alicyclic amines) is 1. The van der Waals surface area contributed by atoms with Crippen LogP contribution in [0.3, 0.4) is 0 Å². The average Bonchev–Trinajstić information content (AvgIpc) is 3.37. The number of carboxylic acid groups (broad SMARTS) is 1. The first-order valence-electron chi connectivity index (χ1n) is 11.2. The number of rotatable bonds is 5. The summed E-state index contributed by atoms with van der Waals surface area (Å²) in [7, 11) is 0. The van der Waals surface area contributed by atoms with Gasteiger partial charge >= 0.3 is 5.97 Å². The molecule has 0 bridgehead atoms. The lowest BCUT2D eigenvalue weighted by molar-refractivity contribution is -0.142. The second-order valence-electron chi connectivity index (χ2n) is 9.16. The molecule has 0 spiro atoms. The standard InChI is InChI=1S/C25H23NO8/c1-11-8-17(28)16-9-15-13(21(22(16)23(11)31)18-5-2-12(10-27)34-18)3-4-14-20(15)25(33)26(24(14)32)7-6-19(29)30/h2-3,5,8,14-15,20-21,27H,4,6-7,9-10H2,1H3,(H,29,30)/t14-,15+,20-,21+/m0/s1. The van der Waals surface area contributed by atoms with E-state index >= 15 is 0 Å². The van der Waals surface area contributed by atoms with Crippen LogP contribution >= 0.6 is 0 Å². The molecular weight excluding hydrogens is 442 g/mol. The van der Waals surface area contributed by atoms with E-state index in [0.29, 0.717) is 28.2 Å². The van der Waals surface area contributed by atoms with Gasteiger partial charge in [-0.1, -0.05) is 11.6 Å². The van der Waals surface area contributed by atoms with Crippen molar-refractivity contribution in [3.05, 3.63) is 58.1 Å². The molecule has 0 radical (unpaired) electrons. The lowest BCUT2D eigenvalue weighted by atomic mass is 9.60. The number of imide groups is 1. The number of amides is 2. The van der Waals surface area contributed by atoms with E-state index in [9.17, 15) is 29.1 Å². The summed E-state index contributed by atoms with van der Waals surface area (Å²) in [5, 5.41) is 18.5. The number of fused-ring (bicyclic) bond motifs is 3. The molecule has 0 saturated carbocycles. The Morgan fingerprint density at radius 1 is 1.15 bits per heavy atom. The number of nitrogens with zero attached hydrogens (tertiary/aromatic N) is 1. The number of aliphatic hydroxyl groups is 1. The van der Waals surface area contributed by atoms with Crippen LogP contribution in [-0.2, 0) is 30.6 Å². The van der Waals surface area contributed by atoms with E-state index in [1.165, 1.54) is 6.08 Å². The van der Waals surface area contributed by atoms with E-state index in [4.69, 9.17) is 9.52 Å². The normalized spacial score (nSPS) is 28.5. The van der Waals surface area contributed by atoms with Crippen molar-refractivity contribution >= 4 is 29.4 Å². The van der Waals surface area contributed by atoms with Crippen molar-refractivity contribution in [1.82, 2.24) is 4.90 Å². The highest BCUT2D eigenvalue weighted by molar-refractivity contribution is 6.23. The maximum absolute atomic E-state index is 13.3. The van der Waals surface area contributed by atoms with Crippen LogP contribution in [0.1, 0.15) is 43.6 Å². The maximum Gasteiger partial charge on any atom is 0.305 e. The van der Waals surface area contributed by atoms with Gasteiger partial charge in [-0.3, -0.25) is 28.9 Å². The number of allylic oxidation sites excluding steroid dienone is 6. The molecule has 2 amide bonds. The fourth-order valence-electron chi connectivity index (χ4n) is 5.82. The molecule has 3 aliphatic carbocycles. The maximum atomic E-state index is 13.3. The van der Waals surface area contributed by atoms with Gasteiger partial charge in [0.25, 0.3) is 0 Å². The fraction of sp³-hybridized carbons (Fsp3) is 0.400. The summed E-state index contributed by atoms with van der Waals surface area (Å²) in [6.07, 6.45) is 3.24. The van der Waals surface area contributed by atoms with Gasteiger partial charge in [0.2, 0.25) is 11.8 Å². The molecule has 1 aliphatic heterocycles. The molecule has 2 N–H and O–H groups in total. The first kappa shape index (κ1) is 22.2. The number of aliphatic carboxylic acids is 1. The van der Waals surface area contributed by atoms with Gasteiger partial charge in [0.1, 0.15) is 18.1 Å². The Morgan fingerprint density at radius 2 is 1.91 bits per heavy atom. The molecule has 9 heteroatoms. The van der Waals surface area contributed by atoms with E-state index in [1.54, 1.807) is 19.1 Å². The van der Waals surface area contributed by atoms with Gasteiger partial charge in [-0.15, -0.1) is 0 Å². The van der Waals surface area contributed by atoms with Crippen LogP contribution in [0.15, 0.2) is 51.0 Å². The van der Waals surface area contributed by atoms with Crippen molar-refractivity contribution in [1.29, 1.82) is 0 Å². The van der Waals surface area contributed by atoms with E-state index in [0.717, 1.165) is 10.5 Å². The second-order valence-corrected chi connectivity index (χ2v) is 9.16. The minimum atomic E-state index is -1.10. The number of carbonyl (C=O) groups is 5. The molecule has 1 aromatic heterocycles. The van der Waals surface area contributed by atoms with Crippen molar-refractivity contribution in [3.63, 3.8) is 0 Å². The highest BCUT2D eigenvalue weighted by atomic mass is 16.4. The third-order valence-electron chi connectivity index (χ3n) is 7.33. The second kappa shape index (κ2) is 8.02. The zero-order valence-electron chi connectivity index (χ0n) is 18.4. The van der Waals surface area contributed by atoms with Gasteiger partial charge in [0.05, 0.1) is 24.2 Å². The van der Waals surface area contributed by atoms with E-state index in [-0.39, 0.29) is 44.0 Å². The lowest BCUT2D eigenvalue weighted by Gasteiger charge is -2.41. The van der Waals surface area contributed by atoms with Crippen LogP contribution in [0.2, 0.25) is 0 Å². The molecule has 4 aliphatic rings. The van der Waals surface area contributed by atoms with Gasteiger partial charge in [-0.05, 0) is 43.9 Å². The first-order chi connectivity index (χ1) is 16.2. The van der Waals surface area contributed by atoms with Crippen molar-refractivity contribution in [3.8, 4) is 0 Å². The Morgan fingerprint density at radius 3 is 2.59 bits per heavy atom. The molecule has 2 heterocycles.